The van der Waals surface area contributed by atoms with Crippen LogP contribution in [0.2, 0.25) is 0 Å². The van der Waals surface area contributed by atoms with Crippen molar-refractivity contribution in [3.63, 3.8) is 0 Å². The smallest absolute Gasteiger partial charge is 0.0294 e. The van der Waals surface area contributed by atoms with Crippen molar-refractivity contribution >= 4 is 54.9 Å². The minimum atomic E-state index is 0.125. The van der Waals surface area contributed by atoms with E-state index in [1.165, 1.54) is 52.6 Å². The number of hydrogen-bond donors (Lipinski definition) is 0. The minimum Gasteiger partial charge on any atom is -0.0622 e. The first-order valence-corrected chi connectivity index (χ1v) is 10.5. The van der Waals surface area contributed by atoms with Crippen LogP contribution in [0.3, 0.4) is 0 Å². The van der Waals surface area contributed by atoms with E-state index in [0.717, 1.165) is 0 Å². The lowest BCUT2D eigenvalue weighted by atomic mass is 9.82. The van der Waals surface area contributed by atoms with Crippen LogP contribution in [-0.4, -0.2) is 0 Å². The second-order valence-corrected chi connectivity index (χ2v) is 9.47. The maximum atomic E-state index is 2.56. The fraction of sp³-hybridized carbons (Fsp3) is 0.154. The van der Waals surface area contributed by atoms with E-state index in [1.54, 1.807) is 0 Å². The molecule has 0 heterocycles. The van der Waals surface area contributed by atoms with Gasteiger partial charge in [-0.1, -0.05) is 87.5 Å². The molecule has 0 saturated carbocycles. The van der Waals surface area contributed by atoms with E-state index >= 15 is 0 Å². The highest BCUT2D eigenvalue weighted by Gasteiger charge is 2.21. The molecule has 0 aliphatic rings. The average molecular weight is 460 g/mol. The van der Waals surface area contributed by atoms with Gasteiger partial charge in [0.1, 0.15) is 0 Å². The topological polar surface area (TPSA) is 0 Å². The van der Waals surface area contributed by atoms with Crippen LogP contribution in [0.1, 0.15) is 26.3 Å². The molecule has 0 bridgehead atoms. The van der Waals surface area contributed by atoms with E-state index in [0.29, 0.717) is 0 Å². The van der Waals surface area contributed by atoms with E-state index < -0.39 is 0 Å². The van der Waals surface area contributed by atoms with Gasteiger partial charge in [0.05, 0.1) is 0 Å². The Hall–Kier alpha value is -2.13. The summed E-state index contributed by atoms with van der Waals surface area (Å²) < 4.78 is 1.35. The Labute approximate surface area is 173 Å². The van der Waals surface area contributed by atoms with Crippen molar-refractivity contribution in [3.8, 4) is 11.1 Å². The third kappa shape index (κ3) is 2.55. The summed E-state index contributed by atoms with van der Waals surface area (Å²) in [5.74, 6) is 0. The summed E-state index contributed by atoms with van der Waals surface area (Å²) in [6, 6.07) is 26.9. The fourth-order valence-electron chi connectivity index (χ4n) is 4.20. The molecule has 132 valence electrons. The number of halogens is 1. The van der Waals surface area contributed by atoms with E-state index in [-0.39, 0.29) is 5.41 Å². The molecule has 0 fully saturated rings. The maximum absolute atomic E-state index is 2.56. The Morgan fingerprint density at radius 2 is 1.37 bits per heavy atom. The normalized spacial score (nSPS) is 12.4. The first-order chi connectivity index (χ1) is 12.9. The van der Waals surface area contributed by atoms with Gasteiger partial charge < -0.3 is 0 Å². The second kappa shape index (κ2) is 5.93. The van der Waals surface area contributed by atoms with E-state index in [9.17, 15) is 0 Å². The highest BCUT2D eigenvalue weighted by molar-refractivity contribution is 14.1. The monoisotopic (exact) mass is 460 g/mol. The van der Waals surface area contributed by atoms with Gasteiger partial charge in [-0.15, -0.1) is 0 Å². The molecular weight excluding hydrogens is 439 g/mol. The number of rotatable bonds is 1. The third-order valence-corrected chi connectivity index (χ3v) is 6.73. The second-order valence-electron chi connectivity index (χ2n) is 8.40. The van der Waals surface area contributed by atoms with Crippen LogP contribution in [-0.2, 0) is 5.41 Å². The van der Waals surface area contributed by atoms with Gasteiger partial charge in [0.15, 0.2) is 0 Å². The maximum Gasteiger partial charge on any atom is 0.0294 e. The van der Waals surface area contributed by atoms with Crippen LogP contribution in [0.4, 0.5) is 0 Å². The number of hydrogen-bond acceptors (Lipinski definition) is 0. The number of benzene rings is 5. The molecule has 0 N–H and O–H groups in total. The molecule has 0 amide bonds. The van der Waals surface area contributed by atoms with Crippen LogP contribution in [0.5, 0.6) is 0 Å². The fourth-order valence-corrected chi connectivity index (χ4v) is 5.22. The van der Waals surface area contributed by atoms with Crippen molar-refractivity contribution in [1.82, 2.24) is 0 Å². The van der Waals surface area contributed by atoms with Gasteiger partial charge >= 0.3 is 0 Å². The van der Waals surface area contributed by atoms with E-state index in [4.69, 9.17) is 0 Å². The van der Waals surface area contributed by atoms with Crippen LogP contribution in [0, 0.1) is 3.57 Å². The molecule has 5 aromatic carbocycles. The predicted octanol–water partition coefficient (Wildman–Crippen LogP) is 8.15. The Kier molecular flexibility index (Phi) is 3.74. The Balaban J connectivity index is 2.06. The zero-order valence-corrected chi connectivity index (χ0v) is 18.0. The van der Waals surface area contributed by atoms with Gasteiger partial charge in [-0.25, -0.2) is 0 Å². The van der Waals surface area contributed by atoms with Gasteiger partial charge in [-0.3, -0.25) is 0 Å². The summed E-state index contributed by atoms with van der Waals surface area (Å²) in [5.41, 5.74) is 4.16. The van der Waals surface area contributed by atoms with Crippen LogP contribution in [0.15, 0.2) is 72.8 Å². The summed E-state index contributed by atoms with van der Waals surface area (Å²) in [4.78, 5) is 0. The minimum absolute atomic E-state index is 0.125. The molecule has 27 heavy (non-hydrogen) atoms. The molecule has 0 spiro atoms. The molecule has 0 aromatic heterocycles. The molecule has 0 unspecified atom stereocenters. The van der Waals surface area contributed by atoms with Crippen LogP contribution >= 0.6 is 22.6 Å². The van der Waals surface area contributed by atoms with Crippen molar-refractivity contribution in [3.05, 3.63) is 81.9 Å². The standard InChI is InChI=1S/C26H21I/c1-26(2,3)19-14-18-13-12-17-10-7-11-20-22(17)23(18)21(15-19)25(27)24(20)16-8-5-4-6-9-16/h4-15H,1-3H3. The summed E-state index contributed by atoms with van der Waals surface area (Å²) in [6.45, 7) is 6.89. The molecular formula is C26H21I. The summed E-state index contributed by atoms with van der Waals surface area (Å²) in [7, 11) is 0. The lowest BCUT2D eigenvalue weighted by Gasteiger charge is -2.23. The summed E-state index contributed by atoms with van der Waals surface area (Å²) >= 11 is 2.56. The largest absolute Gasteiger partial charge is 0.0622 e. The molecule has 0 aliphatic carbocycles. The van der Waals surface area contributed by atoms with Gasteiger partial charge in [0.25, 0.3) is 0 Å². The quantitative estimate of drug-likeness (QED) is 0.175. The highest BCUT2D eigenvalue weighted by atomic mass is 127. The summed E-state index contributed by atoms with van der Waals surface area (Å²) in [5, 5.41) is 8.19. The Morgan fingerprint density at radius 3 is 2.11 bits per heavy atom. The van der Waals surface area contributed by atoms with Crippen molar-refractivity contribution in [1.29, 1.82) is 0 Å². The van der Waals surface area contributed by atoms with Gasteiger partial charge in [0, 0.05) is 9.13 Å². The molecule has 0 aliphatic heterocycles. The van der Waals surface area contributed by atoms with Gasteiger partial charge in [-0.05, 0) is 77.5 Å². The molecule has 0 radical (unpaired) electrons. The molecule has 0 atom stereocenters. The highest BCUT2D eigenvalue weighted by Crippen LogP contribution is 2.45. The molecule has 5 rings (SSSR count). The van der Waals surface area contributed by atoms with Gasteiger partial charge in [-0.2, -0.15) is 0 Å². The van der Waals surface area contributed by atoms with Crippen molar-refractivity contribution in [2.75, 3.05) is 0 Å². The first-order valence-electron chi connectivity index (χ1n) is 9.41. The average Bonchev–Trinajstić information content (AvgIpc) is 2.66. The zero-order valence-electron chi connectivity index (χ0n) is 15.8. The van der Waals surface area contributed by atoms with Crippen molar-refractivity contribution < 1.29 is 0 Å². The SMILES string of the molecule is CC(C)(C)c1cc2ccc3cccc4c(-c5ccccc5)c(I)c(c1)c2c34. The molecule has 1 heteroatoms. The van der Waals surface area contributed by atoms with Crippen molar-refractivity contribution in [2.45, 2.75) is 26.2 Å². The van der Waals surface area contributed by atoms with Crippen LogP contribution in [0.25, 0.3) is 43.4 Å². The lowest BCUT2D eigenvalue weighted by molar-refractivity contribution is 0.591. The van der Waals surface area contributed by atoms with E-state index in [2.05, 4.69) is 116 Å². The zero-order chi connectivity index (χ0) is 18.8. The molecule has 0 nitrogen and oxygen atoms in total. The molecule has 5 aromatic rings. The Morgan fingerprint density at radius 1 is 0.667 bits per heavy atom. The molecule has 0 saturated heterocycles. The first kappa shape index (κ1) is 17.0. The Bertz CT molecular complexity index is 1290. The van der Waals surface area contributed by atoms with Crippen molar-refractivity contribution in [2.24, 2.45) is 0 Å². The lowest BCUT2D eigenvalue weighted by Crippen LogP contribution is -2.11. The van der Waals surface area contributed by atoms with Crippen LogP contribution < -0.4 is 0 Å². The van der Waals surface area contributed by atoms with Gasteiger partial charge in [0.2, 0.25) is 0 Å². The predicted molar refractivity (Wildman–Crippen MR) is 127 cm³/mol. The van der Waals surface area contributed by atoms with E-state index in [1.807, 2.05) is 0 Å². The third-order valence-electron chi connectivity index (χ3n) is 5.61. The summed E-state index contributed by atoms with van der Waals surface area (Å²) in [6.07, 6.45) is 0.